The van der Waals surface area contributed by atoms with Crippen LogP contribution in [0.2, 0.25) is 0 Å². The number of nitrogens with zero attached hydrogens (tertiary/aromatic N) is 1. The van der Waals surface area contributed by atoms with Crippen molar-refractivity contribution in [3.63, 3.8) is 0 Å². The number of ether oxygens (including phenoxy) is 1. The van der Waals surface area contributed by atoms with E-state index in [9.17, 15) is 8.42 Å². The number of benzene rings is 1. The van der Waals surface area contributed by atoms with Crippen LogP contribution in [0, 0.1) is 0 Å². The zero-order valence-electron chi connectivity index (χ0n) is 11.7. The summed E-state index contributed by atoms with van der Waals surface area (Å²) < 4.78 is 31.8. The monoisotopic (exact) mass is 320 g/mol. The maximum atomic E-state index is 12.5. The van der Waals surface area contributed by atoms with E-state index in [0.717, 1.165) is 0 Å². The molecule has 0 aromatic heterocycles. The van der Waals surface area contributed by atoms with Crippen LogP contribution in [0.1, 0.15) is 13.8 Å². The van der Waals surface area contributed by atoms with Crippen LogP contribution < -0.4 is 10.1 Å². The topological polar surface area (TPSA) is 58.6 Å². The van der Waals surface area contributed by atoms with Gasteiger partial charge in [0.1, 0.15) is 5.75 Å². The van der Waals surface area contributed by atoms with Crippen molar-refractivity contribution in [3.8, 4) is 5.75 Å². The highest BCUT2D eigenvalue weighted by atomic mass is 35.5. The molecule has 0 bridgehead atoms. The van der Waals surface area contributed by atoms with Gasteiger partial charge in [0.2, 0.25) is 10.0 Å². The van der Waals surface area contributed by atoms with E-state index >= 15 is 0 Å². The highest BCUT2D eigenvalue weighted by molar-refractivity contribution is 7.89. The van der Waals surface area contributed by atoms with Gasteiger partial charge in [0.05, 0.1) is 11.5 Å². The van der Waals surface area contributed by atoms with Gasteiger partial charge in [-0.2, -0.15) is 4.31 Å². The molecule has 1 heterocycles. The van der Waals surface area contributed by atoms with E-state index in [2.05, 4.69) is 5.32 Å². The second-order valence-electron chi connectivity index (χ2n) is 4.62. The van der Waals surface area contributed by atoms with E-state index < -0.39 is 10.0 Å². The molecule has 1 N–H and O–H groups in total. The van der Waals surface area contributed by atoms with Gasteiger partial charge < -0.3 is 10.1 Å². The van der Waals surface area contributed by atoms with Gasteiger partial charge in [0.25, 0.3) is 0 Å². The SMILES string of the molecule is CCOc1ccc(S(=O)(=O)N2CCN[C@@H](C)C2)cc1.Cl. The van der Waals surface area contributed by atoms with E-state index in [1.54, 1.807) is 24.3 Å². The molecule has 1 atom stereocenters. The van der Waals surface area contributed by atoms with Gasteiger partial charge in [0, 0.05) is 25.7 Å². The summed E-state index contributed by atoms with van der Waals surface area (Å²) in [5.74, 6) is 0.690. The van der Waals surface area contributed by atoms with Crippen molar-refractivity contribution in [1.29, 1.82) is 0 Å². The molecular formula is C13H21ClN2O3S. The molecule has 1 saturated heterocycles. The molecule has 1 aromatic carbocycles. The van der Waals surface area contributed by atoms with Crippen LogP contribution in [0.25, 0.3) is 0 Å². The van der Waals surface area contributed by atoms with Crippen LogP contribution >= 0.6 is 12.4 Å². The zero-order valence-corrected chi connectivity index (χ0v) is 13.3. The molecule has 5 nitrogen and oxygen atoms in total. The number of halogens is 1. The smallest absolute Gasteiger partial charge is 0.243 e. The molecule has 0 amide bonds. The predicted octanol–water partition coefficient (Wildman–Crippen LogP) is 1.49. The summed E-state index contributed by atoms with van der Waals surface area (Å²) in [6, 6.07) is 6.79. The lowest BCUT2D eigenvalue weighted by Gasteiger charge is -2.31. The summed E-state index contributed by atoms with van der Waals surface area (Å²) in [7, 11) is -3.39. The normalized spacial score (nSPS) is 20.2. The molecule has 2 rings (SSSR count). The van der Waals surface area contributed by atoms with E-state index in [1.807, 2.05) is 13.8 Å². The van der Waals surface area contributed by atoms with Gasteiger partial charge >= 0.3 is 0 Å². The lowest BCUT2D eigenvalue weighted by atomic mass is 10.3. The summed E-state index contributed by atoms with van der Waals surface area (Å²) in [5, 5.41) is 3.24. The highest BCUT2D eigenvalue weighted by Crippen LogP contribution is 2.20. The third-order valence-corrected chi connectivity index (χ3v) is 4.98. The van der Waals surface area contributed by atoms with E-state index in [0.29, 0.717) is 36.9 Å². The van der Waals surface area contributed by atoms with Crippen molar-refractivity contribution in [2.24, 2.45) is 0 Å². The molecule has 7 heteroatoms. The Hall–Kier alpha value is -0.820. The Morgan fingerprint density at radius 3 is 2.55 bits per heavy atom. The molecule has 0 radical (unpaired) electrons. The first-order chi connectivity index (χ1) is 9.04. The van der Waals surface area contributed by atoms with E-state index in [-0.39, 0.29) is 18.4 Å². The van der Waals surface area contributed by atoms with Crippen LogP contribution in [0.15, 0.2) is 29.2 Å². The summed E-state index contributed by atoms with van der Waals surface area (Å²) in [4.78, 5) is 0.324. The number of hydrogen-bond donors (Lipinski definition) is 1. The number of piperazine rings is 1. The number of rotatable bonds is 4. The van der Waals surface area contributed by atoms with Gasteiger partial charge in [-0.3, -0.25) is 0 Å². The molecule has 0 saturated carbocycles. The molecule has 0 aliphatic carbocycles. The molecule has 1 aliphatic heterocycles. The fourth-order valence-electron chi connectivity index (χ4n) is 2.14. The van der Waals surface area contributed by atoms with Gasteiger partial charge in [0.15, 0.2) is 0 Å². The van der Waals surface area contributed by atoms with Crippen LogP contribution in [0.3, 0.4) is 0 Å². The van der Waals surface area contributed by atoms with Crippen LogP contribution in [0.4, 0.5) is 0 Å². The summed E-state index contributed by atoms with van der Waals surface area (Å²) in [6.45, 7) is 6.17. The molecule has 1 aromatic rings. The Balaban J connectivity index is 0.00000200. The van der Waals surface area contributed by atoms with Gasteiger partial charge in [-0.15, -0.1) is 12.4 Å². The average molecular weight is 321 g/mol. The quantitative estimate of drug-likeness (QED) is 0.913. The molecule has 0 unspecified atom stereocenters. The first-order valence-electron chi connectivity index (χ1n) is 6.50. The second kappa shape index (κ2) is 7.26. The van der Waals surface area contributed by atoms with Crippen molar-refractivity contribution >= 4 is 22.4 Å². The van der Waals surface area contributed by atoms with Crippen LogP contribution in [-0.4, -0.2) is 45.0 Å². The summed E-state index contributed by atoms with van der Waals surface area (Å²) in [5.41, 5.74) is 0. The second-order valence-corrected chi connectivity index (χ2v) is 6.56. The third kappa shape index (κ3) is 3.85. The fourth-order valence-corrected chi connectivity index (χ4v) is 3.67. The highest BCUT2D eigenvalue weighted by Gasteiger charge is 2.28. The van der Waals surface area contributed by atoms with Crippen molar-refractivity contribution in [3.05, 3.63) is 24.3 Å². The minimum absolute atomic E-state index is 0. The summed E-state index contributed by atoms with van der Waals surface area (Å²) >= 11 is 0. The van der Waals surface area contributed by atoms with E-state index in [1.165, 1.54) is 4.31 Å². The third-order valence-electron chi connectivity index (χ3n) is 3.10. The predicted molar refractivity (Wildman–Crippen MR) is 81.1 cm³/mol. The van der Waals surface area contributed by atoms with Crippen LogP contribution in [0.5, 0.6) is 5.75 Å². The lowest BCUT2D eigenvalue weighted by Crippen LogP contribution is -2.51. The van der Waals surface area contributed by atoms with Crippen molar-refractivity contribution in [2.45, 2.75) is 24.8 Å². The Morgan fingerprint density at radius 2 is 2.00 bits per heavy atom. The van der Waals surface area contributed by atoms with Gasteiger partial charge in [-0.1, -0.05) is 0 Å². The summed E-state index contributed by atoms with van der Waals surface area (Å²) in [6.07, 6.45) is 0. The Morgan fingerprint density at radius 1 is 1.35 bits per heavy atom. The Kier molecular flexibility index (Phi) is 6.26. The molecular weight excluding hydrogens is 300 g/mol. The minimum Gasteiger partial charge on any atom is -0.494 e. The van der Waals surface area contributed by atoms with Crippen molar-refractivity contribution < 1.29 is 13.2 Å². The minimum atomic E-state index is -3.39. The molecule has 1 fully saturated rings. The lowest BCUT2D eigenvalue weighted by molar-refractivity contribution is 0.310. The first kappa shape index (κ1) is 17.2. The van der Waals surface area contributed by atoms with Gasteiger partial charge in [-0.05, 0) is 38.1 Å². The molecule has 0 spiro atoms. The van der Waals surface area contributed by atoms with Gasteiger partial charge in [-0.25, -0.2) is 8.42 Å². The number of nitrogens with one attached hydrogen (secondary N) is 1. The van der Waals surface area contributed by atoms with Crippen molar-refractivity contribution in [1.82, 2.24) is 9.62 Å². The van der Waals surface area contributed by atoms with Crippen molar-refractivity contribution in [2.75, 3.05) is 26.2 Å². The maximum Gasteiger partial charge on any atom is 0.243 e. The number of sulfonamides is 1. The van der Waals surface area contributed by atoms with E-state index in [4.69, 9.17) is 4.74 Å². The largest absolute Gasteiger partial charge is 0.494 e. The Labute approximate surface area is 126 Å². The maximum absolute atomic E-state index is 12.5. The Bertz CT molecular complexity index is 519. The molecule has 1 aliphatic rings. The number of hydrogen-bond acceptors (Lipinski definition) is 4. The zero-order chi connectivity index (χ0) is 13.9. The first-order valence-corrected chi connectivity index (χ1v) is 7.94. The molecule has 114 valence electrons. The average Bonchev–Trinajstić information content (AvgIpc) is 2.40. The fraction of sp³-hybridized carbons (Fsp3) is 0.538. The molecule has 20 heavy (non-hydrogen) atoms. The van der Waals surface area contributed by atoms with Crippen LogP contribution in [-0.2, 0) is 10.0 Å². The standard InChI is InChI=1S/C13H20N2O3S.ClH/c1-3-18-12-4-6-13(7-5-12)19(16,17)15-9-8-14-11(2)10-15;/h4-7,11,14H,3,8-10H2,1-2H3;1H/t11-;/m0./s1.